The molecule has 2 amide bonds. The SMILES string of the molecule is CC(C)CNC(=O)c1ccccc1NCC(=O)NC(C)(C#N)C1CC1. The number of carbonyl (C=O) groups excluding carboxylic acids is 2. The lowest BCUT2D eigenvalue weighted by Crippen LogP contribution is -2.48. The standard InChI is InChI=1S/C19H26N4O2/c1-13(2)10-22-18(25)15-6-4-5-7-16(15)21-11-17(24)23-19(3,12-20)14-8-9-14/h4-7,13-14,21H,8-11H2,1-3H3,(H,22,25)(H,23,24). The first-order chi connectivity index (χ1) is 11.9. The van der Waals surface area contributed by atoms with Crippen molar-refractivity contribution in [2.45, 2.75) is 39.2 Å². The summed E-state index contributed by atoms with van der Waals surface area (Å²) in [5.74, 6) is 0.168. The molecule has 6 heteroatoms. The van der Waals surface area contributed by atoms with Crippen molar-refractivity contribution in [3.63, 3.8) is 0 Å². The number of nitrogens with zero attached hydrogens (tertiary/aromatic N) is 1. The molecule has 1 saturated carbocycles. The maximum atomic E-state index is 12.3. The fraction of sp³-hybridized carbons (Fsp3) is 0.526. The molecule has 1 aromatic rings. The van der Waals surface area contributed by atoms with Gasteiger partial charge >= 0.3 is 0 Å². The second-order valence-electron chi connectivity index (χ2n) is 7.14. The molecule has 0 heterocycles. The highest BCUT2D eigenvalue weighted by Crippen LogP contribution is 2.39. The summed E-state index contributed by atoms with van der Waals surface area (Å²) >= 11 is 0. The second kappa shape index (κ2) is 8.02. The highest BCUT2D eigenvalue weighted by molar-refractivity contribution is 6.00. The van der Waals surface area contributed by atoms with Gasteiger partial charge in [0.25, 0.3) is 5.91 Å². The fourth-order valence-corrected chi connectivity index (χ4v) is 2.62. The van der Waals surface area contributed by atoms with Crippen LogP contribution >= 0.6 is 0 Å². The predicted molar refractivity (Wildman–Crippen MR) is 97.0 cm³/mol. The Bertz CT molecular complexity index is 676. The Labute approximate surface area is 149 Å². The van der Waals surface area contributed by atoms with E-state index in [2.05, 4.69) is 22.0 Å². The Balaban J connectivity index is 1.95. The fourth-order valence-electron chi connectivity index (χ4n) is 2.62. The van der Waals surface area contributed by atoms with Gasteiger partial charge in [-0.25, -0.2) is 0 Å². The van der Waals surface area contributed by atoms with Gasteiger partial charge in [-0.1, -0.05) is 26.0 Å². The number of anilines is 1. The van der Waals surface area contributed by atoms with E-state index in [1.807, 2.05) is 19.9 Å². The third kappa shape index (κ3) is 5.21. The number of hydrogen-bond acceptors (Lipinski definition) is 4. The summed E-state index contributed by atoms with van der Waals surface area (Å²) in [5, 5.41) is 18.0. The quantitative estimate of drug-likeness (QED) is 0.675. The molecule has 0 radical (unpaired) electrons. The molecule has 0 aliphatic heterocycles. The molecule has 0 saturated heterocycles. The van der Waals surface area contributed by atoms with E-state index in [1.165, 1.54) is 0 Å². The molecule has 1 aromatic carbocycles. The van der Waals surface area contributed by atoms with Crippen LogP contribution in [0, 0.1) is 23.2 Å². The van der Waals surface area contributed by atoms with E-state index in [1.54, 1.807) is 25.1 Å². The van der Waals surface area contributed by atoms with Gasteiger partial charge in [-0.2, -0.15) is 5.26 Å². The molecule has 1 atom stereocenters. The number of nitriles is 1. The minimum Gasteiger partial charge on any atom is -0.376 e. The van der Waals surface area contributed by atoms with Crippen LogP contribution in [-0.4, -0.2) is 30.4 Å². The van der Waals surface area contributed by atoms with Crippen LogP contribution < -0.4 is 16.0 Å². The number of carbonyl (C=O) groups is 2. The van der Waals surface area contributed by atoms with Gasteiger partial charge in [-0.05, 0) is 43.7 Å². The van der Waals surface area contributed by atoms with Crippen molar-refractivity contribution >= 4 is 17.5 Å². The maximum absolute atomic E-state index is 12.3. The van der Waals surface area contributed by atoms with Gasteiger partial charge in [-0.3, -0.25) is 9.59 Å². The molecule has 0 spiro atoms. The molecule has 0 bridgehead atoms. The Morgan fingerprint density at radius 3 is 2.60 bits per heavy atom. The predicted octanol–water partition coefficient (Wildman–Crippen LogP) is 2.29. The van der Waals surface area contributed by atoms with Gasteiger partial charge in [0.1, 0.15) is 5.54 Å². The van der Waals surface area contributed by atoms with Gasteiger partial charge in [0.05, 0.1) is 18.2 Å². The zero-order valence-electron chi connectivity index (χ0n) is 15.1. The first-order valence-corrected chi connectivity index (χ1v) is 8.69. The highest BCUT2D eigenvalue weighted by Gasteiger charge is 2.42. The average molecular weight is 342 g/mol. The van der Waals surface area contributed by atoms with Crippen molar-refractivity contribution in [3.05, 3.63) is 29.8 Å². The molecule has 1 fully saturated rings. The zero-order chi connectivity index (χ0) is 18.4. The summed E-state index contributed by atoms with van der Waals surface area (Å²) in [6.45, 7) is 6.42. The van der Waals surface area contributed by atoms with E-state index >= 15 is 0 Å². The lowest BCUT2D eigenvalue weighted by molar-refractivity contribution is -0.120. The van der Waals surface area contributed by atoms with E-state index < -0.39 is 5.54 Å². The number of benzene rings is 1. The van der Waals surface area contributed by atoms with Crippen LogP contribution in [0.5, 0.6) is 0 Å². The summed E-state index contributed by atoms with van der Waals surface area (Å²) in [7, 11) is 0. The molecule has 134 valence electrons. The first-order valence-electron chi connectivity index (χ1n) is 8.69. The summed E-state index contributed by atoms with van der Waals surface area (Å²) in [6, 6.07) is 9.29. The second-order valence-corrected chi connectivity index (χ2v) is 7.14. The lowest BCUT2D eigenvalue weighted by Gasteiger charge is -2.23. The number of amides is 2. The van der Waals surface area contributed by atoms with Crippen LogP contribution in [-0.2, 0) is 4.79 Å². The first kappa shape index (κ1) is 18.8. The highest BCUT2D eigenvalue weighted by atomic mass is 16.2. The largest absolute Gasteiger partial charge is 0.376 e. The van der Waals surface area contributed by atoms with E-state index in [0.29, 0.717) is 23.7 Å². The number of nitrogens with one attached hydrogen (secondary N) is 3. The lowest BCUT2D eigenvalue weighted by atomic mass is 9.98. The number of rotatable bonds is 8. The van der Waals surface area contributed by atoms with E-state index in [-0.39, 0.29) is 24.3 Å². The van der Waals surface area contributed by atoms with Crippen LogP contribution in [0.3, 0.4) is 0 Å². The molecule has 1 aliphatic rings. The summed E-state index contributed by atoms with van der Waals surface area (Å²) in [5.41, 5.74) is 0.289. The van der Waals surface area contributed by atoms with Crippen molar-refractivity contribution in [1.82, 2.24) is 10.6 Å². The van der Waals surface area contributed by atoms with Gasteiger partial charge in [0.2, 0.25) is 5.91 Å². The van der Waals surface area contributed by atoms with E-state index in [0.717, 1.165) is 12.8 Å². The van der Waals surface area contributed by atoms with Crippen LogP contribution in [0.15, 0.2) is 24.3 Å². The summed E-state index contributed by atoms with van der Waals surface area (Å²) < 4.78 is 0. The normalized spacial score (nSPS) is 15.8. The molecular weight excluding hydrogens is 316 g/mol. The third-order valence-corrected chi connectivity index (χ3v) is 4.31. The smallest absolute Gasteiger partial charge is 0.253 e. The molecule has 25 heavy (non-hydrogen) atoms. The van der Waals surface area contributed by atoms with Crippen LogP contribution in [0.2, 0.25) is 0 Å². The Morgan fingerprint density at radius 1 is 1.32 bits per heavy atom. The average Bonchev–Trinajstić information content (AvgIpc) is 3.43. The molecular formula is C19H26N4O2. The number of hydrogen-bond donors (Lipinski definition) is 3. The zero-order valence-corrected chi connectivity index (χ0v) is 15.1. The van der Waals surface area contributed by atoms with Crippen molar-refractivity contribution in [2.24, 2.45) is 11.8 Å². The molecule has 1 aliphatic carbocycles. The number of para-hydroxylation sites is 1. The van der Waals surface area contributed by atoms with E-state index in [9.17, 15) is 14.9 Å². The molecule has 0 aromatic heterocycles. The topological polar surface area (TPSA) is 94.0 Å². The summed E-state index contributed by atoms with van der Waals surface area (Å²) in [6.07, 6.45) is 1.94. The minimum absolute atomic E-state index is 0.0124. The molecule has 2 rings (SSSR count). The molecule has 1 unspecified atom stereocenters. The van der Waals surface area contributed by atoms with Gasteiger partial charge in [0, 0.05) is 12.2 Å². The Hall–Kier alpha value is -2.55. The third-order valence-electron chi connectivity index (χ3n) is 4.31. The Kier molecular flexibility index (Phi) is 6.02. The van der Waals surface area contributed by atoms with Crippen LogP contribution in [0.4, 0.5) is 5.69 Å². The van der Waals surface area contributed by atoms with Gasteiger partial charge in [0.15, 0.2) is 0 Å². The van der Waals surface area contributed by atoms with Gasteiger partial charge < -0.3 is 16.0 Å². The van der Waals surface area contributed by atoms with Crippen LogP contribution in [0.25, 0.3) is 0 Å². The van der Waals surface area contributed by atoms with Crippen molar-refractivity contribution in [2.75, 3.05) is 18.4 Å². The minimum atomic E-state index is -0.813. The van der Waals surface area contributed by atoms with E-state index in [4.69, 9.17) is 0 Å². The summed E-state index contributed by atoms with van der Waals surface area (Å²) in [4.78, 5) is 24.5. The van der Waals surface area contributed by atoms with Crippen molar-refractivity contribution in [3.8, 4) is 6.07 Å². The van der Waals surface area contributed by atoms with Crippen LogP contribution in [0.1, 0.15) is 44.0 Å². The monoisotopic (exact) mass is 342 g/mol. The van der Waals surface area contributed by atoms with Crippen molar-refractivity contribution in [1.29, 1.82) is 5.26 Å². The molecule has 3 N–H and O–H groups in total. The van der Waals surface area contributed by atoms with Gasteiger partial charge in [-0.15, -0.1) is 0 Å². The molecule has 6 nitrogen and oxygen atoms in total. The van der Waals surface area contributed by atoms with Crippen molar-refractivity contribution < 1.29 is 9.59 Å². The maximum Gasteiger partial charge on any atom is 0.253 e. The Morgan fingerprint density at radius 2 is 2.00 bits per heavy atom.